The Hall–Kier alpha value is -4.30. The molecular weight excluding hydrogens is 448 g/mol. The van der Waals surface area contributed by atoms with Crippen LogP contribution < -0.4 is 0 Å². The van der Waals surface area contributed by atoms with Crippen LogP contribution >= 0.6 is 0 Å². The van der Waals surface area contributed by atoms with Crippen LogP contribution in [0.3, 0.4) is 0 Å². The van der Waals surface area contributed by atoms with Gasteiger partial charge in [-0.2, -0.15) is 0 Å². The molecule has 2 nitrogen and oxygen atoms in total. The van der Waals surface area contributed by atoms with E-state index in [1.807, 2.05) is 0 Å². The van der Waals surface area contributed by atoms with Crippen molar-refractivity contribution in [1.29, 1.82) is 0 Å². The quantitative estimate of drug-likeness (QED) is 0.255. The van der Waals surface area contributed by atoms with Crippen molar-refractivity contribution in [2.75, 3.05) is 0 Å². The molecule has 0 bridgehead atoms. The summed E-state index contributed by atoms with van der Waals surface area (Å²) in [4.78, 5) is 3.57. The normalized spacial score (nSPS) is 11.9. The summed E-state index contributed by atoms with van der Waals surface area (Å²) in [6.07, 6.45) is 0. The van der Waals surface area contributed by atoms with Gasteiger partial charge in [-0.25, -0.2) is 0 Å². The monoisotopic (exact) mass is 478 g/mol. The fraction of sp³-hybridized carbons (Fsp3) is 0.143. The number of aromatic nitrogens is 2. The number of fused-ring (bicyclic) bond motifs is 6. The van der Waals surface area contributed by atoms with Gasteiger partial charge in [-0.15, -0.1) is 0 Å². The second kappa shape index (κ2) is 7.85. The Labute approximate surface area is 217 Å². The number of aromatic amines is 1. The molecule has 7 aromatic rings. The summed E-state index contributed by atoms with van der Waals surface area (Å²) < 4.78 is 2.30. The van der Waals surface area contributed by atoms with Crippen LogP contribution in [0.2, 0.25) is 0 Å². The second-order valence-corrected chi connectivity index (χ2v) is 10.7. The van der Waals surface area contributed by atoms with E-state index in [-0.39, 0.29) is 0 Å². The molecule has 0 amide bonds. The highest BCUT2D eigenvalue weighted by atomic mass is 14.9. The van der Waals surface area contributed by atoms with Crippen LogP contribution in [-0.4, -0.2) is 9.55 Å². The van der Waals surface area contributed by atoms with Crippen molar-refractivity contribution in [1.82, 2.24) is 9.55 Å². The maximum atomic E-state index is 3.57. The molecule has 37 heavy (non-hydrogen) atoms. The van der Waals surface area contributed by atoms with Crippen LogP contribution in [0.1, 0.15) is 22.3 Å². The average Bonchev–Trinajstić information content (AvgIpc) is 3.39. The molecule has 0 fully saturated rings. The van der Waals surface area contributed by atoms with Crippen LogP contribution in [0.4, 0.5) is 0 Å². The number of nitrogens with zero attached hydrogens (tertiary/aromatic N) is 1. The molecule has 0 aliphatic rings. The average molecular weight is 479 g/mol. The van der Waals surface area contributed by atoms with Crippen molar-refractivity contribution in [3.05, 3.63) is 107 Å². The van der Waals surface area contributed by atoms with Gasteiger partial charge in [-0.05, 0) is 110 Å². The van der Waals surface area contributed by atoms with Gasteiger partial charge < -0.3 is 9.55 Å². The molecule has 0 spiro atoms. The van der Waals surface area contributed by atoms with E-state index < -0.39 is 0 Å². The molecule has 1 N–H and O–H groups in total. The minimum absolute atomic E-state index is 1.19. The lowest BCUT2D eigenvalue weighted by atomic mass is 9.91. The lowest BCUT2D eigenvalue weighted by molar-refractivity contribution is 1.01. The van der Waals surface area contributed by atoms with Gasteiger partial charge in [0.25, 0.3) is 0 Å². The number of benzene rings is 5. The molecule has 2 heterocycles. The first-order chi connectivity index (χ1) is 17.9. The van der Waals surface area contributed by atoms with Crippen LogP contribution in [0.25, 0.3) is 65.9 Å². The Morgan fingerprint density at radius 1 is 0.486 bits per heavy atom. The summed E-state index contributed by atoms with van der Waals surface area (Å²) >= 11 is 0. The van der Waals surface area contributed by atoms with Crippen LogP contribution in [0.5, 0.6) is 0 Å². The molecule has 0 radical (unpaired) electrons. The van der Waals surface area contributed by atoms with Gasteiger partial charge in [-0.3, -0.25) is 0 Å². The third-order valence-corrected chi connectivity index (χ3v) is 8.11. The van der Waals surface area contributed by atoms with E-state index in [9.17, 15) is 0 Å². The fourth-order valence-corrected chi connectivity index (χ4v) is 6.12. The number of aryl methyl sites for hydroxylation is 5. The Morgan fingerprint density at radius 2 is 0.946 bits per heavy atom. The zero-order valence-electron chi connectivity index (χ0n) is 22.0. The first-order valence-electron chi connectivity index (χ1n) is 13.0. The lowest BCUT2D eigenvalue weighted by Crippen LogP contribution is -1.91. The molecule has 0 atom stereocenters. The third-order valence-electron chi connectivity index (χ3n) is 8.11. The standard InChI is InChI=1S/C35H30N2/c1-20-6-10-32-28(14-20)29-18-24(8-11-33(29)36-32)26-16-23(4)27(17-22(26)3)25-9-13-35-31(19-25)30-15-21(2)7-12-34(30)37(35)5/h6-19,36H,1-5H3. The van der Waals surface area contributed by atoms with E-state index in [1.54, 1.807) is 0 Å². The first-order valence-corrected chi connectivity index (χ1v) is 13.0. The van der Waals surface area contributed by atoms with E-state index in [0.717, 1.165) is 0 Å². The van der Waals surface area contributed by atoms with Crippen molar-refractivity contribution in [3.63, 3.8) is 0 Å². The summed E-state index contributed by atoms with van der Waals surface area (Å²) in [7, 11) is 2.16. The third kappa shape index (κ3) is 3.33. The summed E-state index contributed by atoms with van der Waals surface area (Å²) in [5.74, 6) is 0. The van der Waals surface area contributed by atoms with Crippen molar-refractivity contribution in [2.45, 2.75) is 27.7 Å². The van der Waals surface area contributed by atoms with Crippen molar-refractivity contribution in [3.8, 4) is 22.3 Å². The molecule has 2 aromatic heterocycles. The number of H-pyrrole nitrogens is 1. The van der Waals surface area contributed by atoms with Gasteiger partial charge >= 0.3 is 0 Å². The van der Waals surface area contributed by atoms with Crippen molar-refractivity contribution < 1.29 is 0 Å². The predicted octanol–water partition coefficient (Wildman–Crippen LogP) is 9.53. The summed E-state index contributed by atoms with van der Waals surface area (Å²) in [6.45, 7) is 8.80. The lowest BCUT2D eigenvalue weighted by Gasteiger charge is -2.14. The van der Waals surface area contributed by atoms with Crippen LogP contribution in [-0.2, 0) is 7.05 Å². The Morgan fingerprint density at radius 3 is 1.62 bits per heavy atom. The highest BCUT2D eigenvalue weighted by Gasteiger charge is 2.14. The van der Waals surface area contributed by atoms with Crippen LogP contribution in [0.15, 0.2) is 84.9 Å². The van der Waals surface area contributed by atoms with E-state index in [0.29, 0.717) is 0 Å². The van der Waals surface area contributed by atoms with Gasteiger partial charge in [0.1, 0.15) is 0 Å². The van der Waals surface area contributed by atoms with Crippen molar-refractivity contribution >= 4 is 43.6 Å². The molecule has 180 valence electrons. The second-order valence-electron chi connectivity index (χ2n) is 10.7. The molecule has 0 aliphatic heterocycles. The summed E-state index contributed by atoms with van der Waals surface area (Å²) in [5, 5.41) is 5.23. The SMILES string of the molecule is Cc1ccc2[nH]c3ccc(-c4cc(C)c(-c5ccc6c(c5)c5cc(C)ccc5n6C)cc4C)cc3c2c1. The molecule has 0 saturated carbocycles. The summed E-state index contributed by atoms with van der Waals surface area (Å²) in [5.41, 5.74) is 15.3. The van der Waals surface area contributed by atoms with Gasteiger partial charge in [0, 0.05) is 50.7 Å². The highest BCUT2D eigenvalue weighted by Crippen LogP contribution is 2.37. The number of hydrogen-bond donors (Lipinski definition) is 1. The predicted molar refractivity (Wildman–Crippen MR) is 160 cm³/mol. The van der Waals surface area contributed by atoms with Gasteiger partial charge in [-0.1, -0.05) is 47.5 Å². The van der Waals surface area contributed by atoms with Crippen LogP contribution in [0, 0.1) is 27.7 Å². The topological polar surface area (TPSA) is 20.7 Å². The van der Waals surface area contributed by atoms with E-state index >= 15 is 0 Å². The fourth-order valence-electron chi connectivity index (χ4n) is 6.12. The number of rotatable bonds is 2. The number of nitrogens with one attached hydrogen (secondary N) is 1. The van der Waals surface area contributed by atoms with E-state index in [2.05, 4.69) is 129 Å². The maximum Gasteiger partial charge on any atom is 0.0489 e. The Kier molecular flexibility index (Phi) is 4.65. The maximum absolute atomic E-state index is 3.57. The first kappa shape index (κ1) is 21.9. The zero-order valence-corrected chi connectivity index (χ0v) is 22.0. The molecular formula is C35H30N2. The molecule has 7 rings (SSSR count). The molecule has 0 aliphatic carbocycles. The molecule has 0 unspecified atom stereocenters. The highest BCUT2D eigenvalue weighted by molar-refractivity contribution is 6.10. The summed E-state index contributed by atoms with van der Waals surface area (Å²) in [6, 6.07) is 31.8. The minimum Gasteiger partial charge on any atom is -0.355 e. The van der Waals surface area contributed by atoms with Crippen molar-refractivity contribution in [2.24, 2.45) is 7.05 Å². The molecule has 2 heteroatoms. The van der Waals surface area contributed by atoms with E-state index in [4.69, 9.17) is 0 Å². The Bertz CT molecular complexity index is 2030. The van der Waals surface area contributed by atoms with Gasteiger partial charge in [0.15, 0.2) is 0 Å². The van der Waals surface area contributed by atoms with E-state index in [1.165, 1.54) is 88.1 Å². The minimum atomic E-state index is 1.19. The smallest absolute Gasteiger partial charge is 0.0489 e. The zero-order chi connectivity index (χ0) is 25.4. The number of hydrogen-bond acceptors (Lipinski definition) is 0. The molecule has 5 aromatic carbocycles. The van der Waals surface area contributed by atoms with Gasteiger partial charge in [0.05, 0.1) is 0 Å². The molecule has 0 saturated heterocycles. The Balaban J connectivity index is 1.37. The van der Waals surface area contributed by atoms with Gasteiger partial charge in [0.2, 0.25) is 0 Å². The largest absolute Gasteiger partial charge is 0.355 e.